The predicted molar refractivity (Wildman–Crippen MR) is 92.8 cm³/mol. The lowest BCUT2D eigenvalue weighted by molar-refractivity contribution is -0.385. The molecule has 0 unspecified atom stereocenters. The van der Waals surface area contributed by atoms with Gasteiger partial charge in [-0.05, 0) is 12.1 Å². The first kappa shape index (κ1) is 19.8. The zero-order valence-electron chi connectivity index (χ0n) is 14.3. The van der Waals surface area contributed by atoms with E-state index in [0.29, 0.717) is 0 Å². The number of nitro groups is 2. The number of carbonyl (C=O) groups excluding carboxylic acids is 1. The smallest absolute Gasteiger partial charge is 0.387 e. The van der Waals surface area contributed by atoms with E-state index in [9.17, 15) is 25.0 Å². The minimum absolute atomic E-state index is 0.323. The Morgan fingerprint density at radius 1 is 0.926 bits per heavy atom. The fraction of sp³-hybridized carbons (Fsp3) is 0.235. The van der Waals surface area contributed by atoms with Gasteiger partial charge < -0.3 is 14.2 Å². The van der Waals surface area contributed by atoms with E-state index < -0.39 is 27.4 Å². The quantitative estimate of drug-likeness (QED) is 0.341. The van der Waals surface area contributed by atoms with Crippen LogP contribution < -0.4 is 9.47 Å². The summed E-state index contributed by atoms with van der Waals surface area (Å²) in [5, 5.41) is 21.6. The van der Waals surface area contributed by atoms with E-state index in [1.165, 1.54) is 36.4 Å². The maximum atomic E-state index is 11.6. The number of rotatable bonds is 4. The highest BCUT2D eigenvalue weighted by Crippen LogP contribution is 2.29. The molecule has 0 spiro atoms. The van der Waals surface area contributed by atoms with Crippen molar-refractivity contribution in [3.8, 4) is 11.5 Å². The highest BCUT2D eigenvalue weighted by Gasteiger charge is 2.21. The molecule has 1 fully saturated rings. The Balaban J connectivity index is 0.000000451. The zero-order chi connectivity index (χ0) is 19.8. The summed E-state index contributed by atoms with van der Waals surface area (Å²) >= 11 is 0. The van der Waals surface area contributed by atoms with Crippen LogP contribution >= 0.6 is 0 Å². The molecule has 27 heavy (non-hydrogen) atoms. The molecule has 1 aliphatic heterocycles. The molecule has 0 radical (unpaired) electrons. The summed E-state index contributed by atoms with van der Waals surface area (Å²) in [5.41, 5.74) is -0.857. The summed E-state index contributed by atoms with van der Waals surface area (Å²) in [7, 11) is 0. The molecule has 0 atom stereocenters. The molecule has 0 aliphatic carbocycles. The van der Waals surface area contributed by atoms with Crippen molar-refractivity contribution in [3.63, 3.8) is 0 Å². The van der Waals surface area contributed by atoms with Crippen LogP contribution in [0.4, 0.5) is 16.2 Å². The fourth-order valence-electron chi connectivity index (χ4n) is 1.94. The Morgan fingerprint density at radius 2 is 1.30 bits per heavy atom. The van der Waals surface area contributed by atoms with Gasteiger partial charge in [0.1, 0.15) is 0 Å². The molecule has 0 saturated carbocycles. The van der Waals surface area contributed by atoms with Crippen LogP contribution in [0.15, 0.2) is 48.5 Å². The van der Waals surface area contributed by atoms with Gasteiger partial charge in [0.05, 0.1) is 23.1 Å². The molecule has 0 amide bonds. The van der Waals surface area contributed by atoms with Crippen LogP contribution in [0.1, 0.15) is 6.92 Å². The van der Waals surface area contributed by atoms with Crippen molar-refractivity contribution in [2.45, 2.75) is 6.92 Å². The van der Waals surface area contributed by atoms with Crippen LogP contribution in [0.2, 0.25) is 0 Å². The molecule has 142 valence electrons. The molecular weight excluding hydrogens is 360 g/mol. The second-order valence-electron chi connectivity index (χ2n) is 5.55. The fourth-order valence-corrected chi connectivity index (χ4v) is 1.94. The lowest BCUT2D eigenvalue weighted by Gasteiger charge is -2.20. The number of benzene rings is 2. The molecular formula is C17H16N2O8. The maximum Gasteiger partial charge on any atom is 0.519 e. The summed E-state index contributed by atoms with van der Waals surface area (Å²) in [4.78, 5) is 31.8. The minimum Gasteiger partial charge on any atom is -0.387 e. The maximum absolute atomic E-state index is 11.6. The average molecular weight is 376 g/mol. The van der Waals surface area contributed by atoms with Gasteiger partial charge in [0.2, 0.25) is 11.5 Å². The summed E-state index contributed by atoms with van der Waals surface area (Å²) in [6.45, 7) is 4.16. The molecule has 10 heteroatoms. The third-order valence-corrected chi connectivity index (χ3v) is 3.32. The van der Waals surface area contributed by atoms with Crippen LogP contribution in [0.25, 0.3) is 0 Å². The molecule has 1 saturated heterocycles. The zero-order valence-corrected chi connectivity index (χ0v) is 14.3. The third kappa shape index (κ3) is 5.75. The van der Waals surface area contributed by atoms with Crippen LogP contribution in [0.3, 0.4) is 0 Å². The third-order valence-electron chi connectivity index (χ3n) is 3.32. The summed E-state index contributed by atoms with van der Waals surface area (Å²) in [6.07, 6.45) is -1.32. The Morgan fingerprint density at radius 3 is 1.59 bits per heavy atom. The summed E-state index contributed by atoms with van der Waals surface area (Å²) in [5.74, 6) is 0.196. The number of hydrogen-bond acceptors (Lipinski definition) is 8. The first-order valence-electron chi connectivity index (χ1n) is 7.82. The van der Waals surface area contributed by atoms with Crippen LogP contribution in [0, 0.1) is 26.1 Å². The molecule has 0 aromatic heterocycles. The van der Waals surface area contributed by atoms with Gasteiger partial charge in [0.25, 0.3) is 0 Å². The highest BCUT2D eigenvalue weighted by atomic mass is 16.7. The van der Waals surface area contributed by atoms with Crippen molar-refractivity contribution >= 4 is 17.5 Å². The predicted octanol–water partition coefficient (Wildman–Crippen LogP) is 3.73. The van der Waals surface area contributed by atoms with Gasteiger partial charge in [0, 0.05) is 18.1 Å². The summed E-state index contributed by atoms with van der Waals surface area (Å²) in [6, 6.07) is 10.4. The number of nitro benzene ring substituents is 2. The number of para-hydroxylation sites is 4. The molecule has 2 aromatic rings. The molecule has 1 aliphatic rings. The van der Waals surface area contributed by atoms with Crippen molar-refractivity contribution < 1.29 is 28.9 Å². The number of carbonyl (C=O) groups is 1. The number of nitrogens with zero attached hydrogens (tertiary/aromatic N) is 2. The monoisotopic (exact) mass is 376 g/mol. The number of ether oxygens (including phenoxy) is 3. The van der Waals surface area contributed by atoms with Gasteiger partial charge in [0.15, 0.2) is 0 Å². The second-order valence-corrected chi connectivity index (χ2v) is 5.55. The lowest BCUT2D eigenvalue weighted by Crippen LogP contribution is -2.23. The van der Waals surface area contributed by atoms with Gasteiger partial charge in [-0.25, -0.2) is 4.79 Å². The highest BCUT2D eigenvalue weighted by molar-refractivity contribution is 5.70. The minimum atomic E-state index is -1.32. The van der Waals surface area contributed by atoms with E-state index in [-0.39, 0.29) is 11.5 Å². The molecule has 10 nitrogen and oxygen atoms in total. The Bertz CT molecular complexity index is 774. The summed E-state index contributed by atoms with van der Waals surface area (Å²) < 4.78 is 14.3. The van der Waals surface area contributed by atoms with Crippen LogP contribution in [-0.4, -0.2) is 29.2 Å². The average Bonchev–Trinajstić information content (AvgIpc) is 2.61. The Kier molecular flexibility index (Phi) is 6.78. The van der Waals surface area contributed by atoms with Crippen LogP contribution in [0.5, 0.6) is 11.5 Å². The largest absolute Gasteiger partial charge is 0.519 e. The van der Waals surface area contributed by atoms with Crippen LogP contribution in [-0.2, 0) is 4.74 Å². The standard InChI is InChI=1S/C13H8N2O7.C4H8O/c16-13(21-11-7-3-1-5-9(11)14(17)18)22-12-8-4-2-6-10(12)15(19)20;1-4-2-5-3-4/h1-8H;4H,2-3H2,1H3. The SMILES string of the molecule is CC1COC1.O=C(Oc1ccccc1[N+](=O)[O-])Oc1ccccc1[N+](=O)[O-]. The first-order chi connectivity index (χ1) is 12.9. The van der Waals surface area contributed by atoms with Crippen molar-refractivity contribution in [1.29, 1.82) is 0 Å². The van der Waals surface area contributed by atoms with Crippen molar-refractivity contribution in [2.75, 3.05) is 13.2 Å². The topological polar surface area (TPSA) is 131 Å². The molecule has 0 N–H and O–H groups in total. The van der Waals surface area contributed by atoms with Gasteiger partial charge in [-0.2, -0.15) is 0 Å². The lowest BCUT2D eigenvalue weighted by atomic mass is 10.2. The molecule has 1 heterocycles. The van der Waals surface area contributed by atoms with Crippen molar-refractivity contribution in [3.05, 3.63) is 68.8 Å². The Labute approximate surface area is 153 Å². The van der Waals surface area contributed by atoms with E-state index >= 15 is 0 Å². The molecule has 2 aromatic carbocycles. The van der Waals surface area contributed by atoms with Gasteiger partial charge in [-0.3, -0.25) is 20.2 Å². The van der Waals surface area contributed by atoms with E-state index in [0.717, 1.165) is 31.3 Å². The van der Waals surface area contributed by atoms with Gasteiger partial charge in [-0.1, -0.05) is 31.2 Å². The second kappa shape index (κ2) is 9.25. The van der Waals surface area contributed by atoms with Gasteiger partial charge >= 0.3 is 17.5 Å². The van der Waals surface area contributed by atoms with Crippen molar-refractivity contribution in [2.24, 2.45) is 5.92 Å². The number of hydrogen-bond donors (Lipinski definition) is 0. The van der Waals surface area contributed by atoms with Gasteiger partial charge in [-0.15, -0.1) is 0 Å². The first-order valence-corrected chi connectivity index (χ1v) is 7.82. The normalized spacial score (nSPS) is 12.8. The van der Waals surface area contributed by atoms with Crippen molar-refractivity contribution in [1.82, 2.24) is 0 Å². The molecule has 3 rings (SSSR count). The Hall–Kier alpha value is -3.53. The molecule has 0 bridgehead atoms. The van der Waals surface area contributed by atoms with E-state index in [1.807, 2.05) is 0 Å². The van der Waals surface area contributed by atoms with E-state index in [4.69, 9.17) is 14.2 Å². The van der Waals surface area contributed by atoms with E-state index in [2.05, 4.69) is 6.92 Å². The van der Waals surface area contributed by atoms with E-state index in [1.54, 1.807) is 0 Å².